The molecule has 0 aromatic heterocycles. The number of thioether (sulfide) groups is 1. The van der Waals surface area contributed by atoms with Crippen LogP contribution in [0.1, 0.15) is 125 Å². The molecular weight excluding hydrogens is 540 g/mol. The van der Waals surface area contributed by atoms with Gasteiger partial charge in [0.25, 0.3) is 0 Å². The minimum absolute atomic E-state index is 0.0462. The lowest BCUT2D eigenvalue weighted by molar-refractivity contribution is -0.115. The summed E-state index contributed by atoms with van der Waals surface area (Å²) >= 11 is 1.79. The van der Waals surface area contributed by atoms with E-state index in [1.165, 1.54) is 82.6 Å². The van der Waals surface area contributed by atoms with Gasteiger partial charge in [-0.1, -0.05) is 109 Å². The lowest BCUT2D eigenvalue weighted by Crippen LogP contribution is -2.15. The SMILES string of the molecule is CCCCCCCCCCCCCCCCOc1ccc(CC(=O)Nc2ccc(CN3C=CSC3)cc2)cc1C(C)=O. The Bertz CT molecular complexity index is 1100. The number of Topliss-reactive ketones (excluding diaryl/α,β-unsaturated/α-hetero) is 1. The minimum Gasteiger partial charge on any atom is -0.493 e. The van der Waals surface area contributed by atoms with Gasteiger partial charge in [0.2, 0.25) is 5.91 Å². The van der Waals surface area contributed by atoms with E-state index in [1.807, 2.05) is 36.4 Å². The number of hydrogen-bond acceptors (Lipinski definition) is 5. The van der Waals surface area contributed by atoms with Crippen molar-refractivity contribution in [2.45, 2.75) is 117 Å². The third-order valence-electron chi connectivity index (χ3n) is 7.78. The number of rotatable bonds is 22. The zero-order chi connectivity index (χ0) is 29.8. The highest BCUT2D eigenvalue weighted by atomic mass is 32.2. The van der Waals surface area contributed by atoms with E-state index in [4.69, 9.17) is 4.74 Å². The van der Waals surface area contributed by atoms with Crippen molar-refractivity contribution in [2.75, 3.05) is 17.8 Å². The molecule has 6 heteroatoms. The predicted molar refractivity (Wildman–Crippen MR) is 178 cm³/mol. The van der Waals surface area contributed by atoms with E-state index in [2.05, 4.69) is 28.7 Å². The van der Waals surface area contributed by atoms with Crippen molar-refractivity contribution in [3.63, 3.8) is 0 Å². The summed E-state index contributed by atoms with van der Waals surface area (Å²) in [5.41, 5.74) is 3.33. The van der Waals surface area contributed by atoms with Crippen LogP contribution in [0.15, 0.2) is 54.1 Å². The number of ketones is 1. The molecule has 0 saturated carbocycles. The van der Waals surface area contributed by atoms with Gasteiger partial charge in [-0.2, -0.15) is 0 Å². The molecule has 42 heavy (non-hydrogen) atoms. The Morgan fingerprint density at radius 3 is 1.98 bits per heavy atom. The van der Waals surface area contributed by atoms with Crippen LogP contribution in [0.25, 0.3) is 0 Å². The molecule has 0 unspecified atom stereocenters. The molecule has 0 aliphatic carbocycles. The van der Waals surface area contributed by atoms with E-state index >= 15 is 0 Å². The molecule has 0 atom stereocenters. The van der Waals surface area contributed by atoms with Crippen molar-refractivity contribution in [3.8, 4) is 5.75 Å². The summed E-state index contributed by atoms with van der Waals surface area (Å²) in [5.74, 6) is 1.44. The normalized spacial score (nSPS) is 12.6. The average Bonchev–Trinajstić information content (AvgIpc) is 3.49. The maximum Gasteiger partial charge on any atom is 0.228 e. The quantitative estimate of drug-likeness (QED) is 0.109. The first-order valence-electron chi connectivity index (χ1n) is 16.2. The Hall–Kier alpha value is -2.73. The molecule has 1 amide bonds. The molecule has 0 saturated heterocycles. The number of hydrogen-bond donors (Lipinski definition) is 1. The maximum absolute atomic E-state index is 12.7. The van der Waals surface area contributed by atoms with Gasteiger partial charge in [-0.05, 0) is 54.1 Å². The predicted octanol–water partition coefficient (Wildman–Crippen LogP) is 9.91. The smallest absolute Gasteiger partial charge is 0.228 e. The van der Waals surface area contributed by atoms with Crippen molar-refractivity contribution in [1.29, 1.82) is 0 Å². The summed E-state index contributed by atoms with van der Waals surface area (Å²) in [6.07, 6.45) is 20.8. The van der Waals surface area contributed by atoms with Crippen LogP contribution in [-0.2, 0) is 17.8 Å². The number of benzene rings is 2. The second kappa shape index (κ2) is 20.2. The zero-order valence-corrected chi connectivity index (χ0v) is 26.8. The molecule has 3 rings (SSSR count). The van der Waals surface area contributed by atoms with E-state index < -0.39 is 0 Å². The number of carbonyl (C=O) groups is 2. The standard InChI is InChI=1S/C36H52N2O3S/c1-3-4-5-6-7-8-9-10-11-12-13-14-15-16-24-41-35-22-19-32(26-34(35)30(2)39)27-36(40)37-33-20-17-31(18-21-33)28-38-23-25-42-29-38/h17-23,25-26H,3-16,24,27-29H2,1-2H3,(H,37,40). The van der Waals surface area contributed by atoms with Gasteiger partial charge in [-0.25, -0.2) is 0 Å². The molecule has 0 fully saturated rings. The van der Waals surface area contributed by atoms with E-state index in [-0.39, 0.29) is 18.1 Å². The van der Waals surface area contributed by atoms with Gasteiger partial charge in [0.15, 0.2) is 5.78 Å². The Morgan fingerprint density at radius 1 is 0.810 bits per heavy atom. The van der Waals surface area contributed by atoms with Crippen LogP contribution in [-0.4, -0.2) is 29.1 Å². The van der Waals surface area contributed by atoms with Crippen molar-refractivity contribution in [1.82, 2.24) is 4.90 Å². The molecule has 230 valence electrons. The summed E-state index contributed by atoms with van der Waals surface area (Å²) < 4.78 is 5.99. The number of anilines is 1. The van der Waals surface area contributed by atoms with Crippen LogP contribution in [0.5, 0.6) is 5.75 Å². The molecule has 0 bridgehead atoms. The van der Waals surface area contributed by atoms with Gasteiger partial charge < -0.3 is 15.0 Å². The van der Waals surface area contributed by atoms with Crippen molar-refractivity contribution in [2.24, 2.45) is 0 Å². The molecular formula is C36H52N2O3S. The highest BCUT2D eigenvalue weighted by Crippen LogP contribution is 2.23. The fourth-order valence-corrected chi connectivity index (χ4v) is 6.01. The number of nitrogens with zero attached hydrogens (tertiary/aromatic N) is 1. The van der Waals surface area contributed by atoms with Gasteiger partial charge in [-0.3, -0.25) is 9.59 Å². The topological polar surface area (TPSA) is 58.6 Å². The summed E-state index contributed by atoms with van der Waals surface area (Å²) in [6, 6.07) is 13.5. The van der Waals surface area contributed by atoms with Crippen molar-refractivity contribution >= 4 is 29.1 Å². The summed E-state index contributed by atoms with van der Waals surface area (Å²) in [7, 11) is 0. The van der Waals surface area contributed by atoms with Crippen LogP contribution in [0.4, 0.5) is 5.69 Å². The second-order valence-corrected chi connectivity index (χ2v) is 12.4. The van der Waals surface area contributed by atoms with Crippen LogP contribution >= 0.6 is 11.8 Å². The summed E-state index contributed by atoms with van der Waals surface area (Å²) in [4.78, 5) is 27.3. The first kappa shape index (κ1) is 33.8. The Morgan fingerprint density at radius 2 is 1.40 bits per heavy atom. The van der Waals surface area contributed by atoms with E-state index in [0.29, 0.717) is 17.9 Å². The number of unbranched alkanes of at least 4 members (excludes halogenated alkanes) is 13. The fraction of sp³-hybridized carbons (Fsp3) is 0.556. The van der Waals surface area contributed by atoms with Gasteiger partial charge in [-0.15, -0.1) is 11.8 Å². The lowest BCUT2D eigenvalue weighted by atomic mass is 10.0. The highest BCUT2D eigenvalue weighted by molar-refractivity contribution is 8.02. The van der Waals surface area contributed by atoms with Crippen molar-refractivity contribution < 1.29 is 14.3 Å². The molecule has 5 nitrogen and oxygen atoms in total. The van der Waals surface area contributed by atoms with Crippen LogP contribution in [0, 0.1) is 0 Å². The van der Waals surface area contributed by atoms with E-state index in [9.17, 15) is 9.59 Å². The Kier molecular flexibility index (Phi) is 16.3. The maximum atomic E-state index is 12.7. The number of nitrogens with one attached hydrogen (secondary N) is 1. The monoisotopic (exact) mass is 592 g/mol. The molecule has 0 radical (unpaired) electrons. The molecule has 0 spiro atoms. The number of ether oxygens (including phenoxy) is 1. The zero-order valence-electron chi connectivity index (χ0n) is 26.0. The van der Waals surface area contributed by atoms with Crippen LogP contribution in [0.3, 0.4) is 0 Å². The van der Waals surface area contributed by atoms with Gasteiger partial charge in [0, 0.05) is 18.4 Å². The van der Waals surface area contributed by atoms with Crippen LogP contribution in [0.2, 0.25) is 0 Å². The third kappa shape index (κ3) is 13.5. The molecule has 1 heterocycles. The highest BCUT2D eigenvalue weighted by Gasteiger charge is 2.13. The number of carbonyl (C=O) groups excluding carboxylic acids is 2. The molecule has 2 aromatic carbocycles. The Labute approximate surface area is 258 Å². The lowest BCUT2D eigenvalue weighted by Gasteiger charge is -2.15. The minimum atomic E-state index is -0.104. The summed E-state index contributed by atoms with van der Waals surface area (Å²) in [6.45, 7) is 5.30. The molecule has 1 N–H and O–H groups in total. The van der Waals surface area contributed by atoms with Gasteiger partial charge in [0.1, 0.15) is 5.75 Å². The van der Waals surface area contributed by atoms with Gasteiger partial charge >= 0.3 is 0 Å². The fourth-order valence-electron chi connectivity index (χ4n) is 5.29. The van der Waals surface area contributed by atoms with Crippen LogP contribution < -0.4 is 10.1 Å². The molecule has 2 aromatic rings. The number of amides is 1. The first-order valence-corrected chi connectivity index (χ1v) is 17.3. The third-order valence-corrected chi connectivity index (χ3v) is 8.57. The van der Waals surface area contributed by atoms with E-state index in [1.54, 1.807) is 24.8 Å². The Balaban J connectivity index is 1.29. The van der Waals surface area contributed by atoms with Crippen molar-refractivity contribution in [3.05, 3.63) is 70.8 Å². The molecule has 1 aliphatic rings. The molecule has 1 aliphatic heterocycles. The van der Waals surface area contributed by atoms with E-state index in [0.717, 1.165) is 36.5 Å². The van der Waals surface area contributed by atoms with Gasteiger partial charge in [0.05, 0.1) is 24.5 Å². The largest absolute Gasteiger partial charge is 0.493 e. The average molecular weight is 593 g/mol. The summed E-state index contributed by atoms with van der Waals surface area (Å²) in [5, 5.41) is 5.07. The second-order valence-electron chi connectivity index (χ2n) is 11.6. The first-order chi connectivity index (χ1) is 20.5.